The summed E-state index contributed by atoms with van der Waals surface area (Å²) < 4.78 is 0. The number of hydrogen-bond donors (Lipinski definition) is 5. The molecular formula is C21H35N3O6. The van der Waals surface area contributed by atoms with Gasteiger partial charge in [-0.25, -0.2) is 4.79 Å². The van der Waals surface area contributed by atoms with Gasteiger partial charge < -0.3 is 32.1 Å². The van der Waals surface area contributed by atoms with Gasteiger partial charge in [-0.05, 0) is 42.4 Å². The van der Waals surface area contributed by atoms with Crippen molar-refractivity contribution in [1.29, 1.82) is 0 Å². The molecule has 0 aliphatic carbocycles. The maximum atomic E-state index is 12.8. The Morgan fingerprint density at radius 3 is 1.87 bits per heavy atom. The van der Waals surface area contributed by atoms with Crippen LogP contribution in [0.4, 0.5) is 0 Å². The molecule has 0 aliphatic heterocycles. The molecule has 0 saturated carbocycles. The zero-order chi connectivity index (χ0) is 22.1. The summed E-state index contributed by atoms with van der Waals surface area (Å²) in [5, 5.41) is 24.0. The predicted octanol–water partition coefficient (Wildman–Crippen LogP) is 0.584. The lowest BCUT2D eigenvalue weighted by Gasteiger charge is -2.24. The molecule has 0 saturated heterocycles. The fraction of sp³-hybridized carbons (Fsp3) is 0.571. The first-order chi connectivity index (χ1) is 13.5. The number of carbonyl (C=O) groups excluding carboxylic acids is 2. The maximum Gasteiger partial charge on any atom is 0.326 e. The minimum atomic E-state index is -1.13. The summed E-state index contributed by atoms with van der Waals surface area (Å²) in [7, 11) is 0. The fourth-order valence-electron chi connectivity index (χ4n) is 2.94. The van der Waals surface area contributed by atoms with Gasteiger partial charge in [-0.3, -0.25) is 9.59 Å². The van der Waals surface area contributed by atoms with E-state index in [2.05, 4.69) is 10.6 Å². The summed E-state index contributed by atoms with van der Waals surface area (Å²) in [5.41, 5.74) is 6.63. The maximum absolute atomic E-state index is 12.8. The second-order valence-electron chi connectivity index (χ2n) is 8.20. The Balaban J connectivity index is 0.00000841. The van der Waals surface area contributed by atoms with Crippen LogP contribution in [0.1, 0.15) is 46.1 Å². The monoisotopic (exact) mass is 425 g/mol. The van der Waals surface area contributed by atoms with E-state index < -0.39 is 35.9 Å². The normalized spacial score (nSPS) is 13.8. The number of carboxylic acid groups (broad SMARTS) is 1. The number of nitrogens with two attached hydrogens (primary N) is 1. The number of nitrogens with one attached hydrogen (secondary N) is 2. The third kappa shape index (κ3) is 9.71. The number of phenols is 1. The van der Waals surface area contributed by atoms with Gasteiger partial charge in [-0.2, -0.15) is 0 Å². The Kier molecular flexibility index (Phi) is 11.7. The van der Waals surface area contributed by atoms with E-state index in [-0.39, 0.29) is 35.9 Å². The number of phenolic OH excluding ortho intramolecular Hbond substituents is 1. The zero-order valence-corrected chi connectivity index (χ0v) is 18.0. The van der Waals surface area contributed by atoms with Crippen LogP contribution in [0.3, 0.4) is 0 Å². The van der Waals surface area contributed by atoms with Crippen LogP contribution >= 0.6 is 0 Å². The smallest absolute Gasteiger partial charge is 0.326 e. The minimum absolute atomic E-state index is 0. The minimum Gasteiger partial charge on any atom is -0.508 e. The van der Waals surface area contributed by atoms with E-state index in [1.807, 2.05) is 27.7 Å². The van der Waals surface area contributed by atoms with Crippen LogP contribution in [-0.4, -0.2) is 51.6 Å². The molecule has 9 heteroatoms. The summed E-state index contributed by atoms with van der Waals surface area (Å²) in [4.78, 5) is 36.8. The van der Waals surface area contributed by atoms with E-state index in [0.29, 0.717) is 12.0 Å². The van der Waals surface area contributed by atoms with Crippen molar-refractivity contribution in [3.05, 3.63) is 29.8 Å². The largest absolute Gasteiger partial charge is 0.508 e. The van der Waals surface area contributed by atoms with E-state index in [4.69, 9.17) is 5.73 Å². The number of aromatic hydroxyl groups is 1. The van der Waals surface area contributed by atoms with Gasteiger partial charge in [0.2, 0.25) is 11.8 Å². The first-order valence-corrected chi connectivity index (χ1v) is 9.86. The van der Waals surface area contributed by atoms with Crippen LogP contribution in [0.25, 0.3) is 0 Å². The molecule has 0 aliphatic rings. The van der Waals surface area contributed by atoms with Crippen molar-refractivity contribution in [2.45, 2.75) is 65.1 Å². The van der Waals surface area contributed by atoms with Gasteiger partial charge in [0.15, 0.2) is 0 Å². The molecule has 0 spiro atoms. The van der Waals surface area contributed by atoms with Crippen molar-refractivity contribution in [2.75, 3.05) is 0 Å². The van der Waals surface area contributed by atoms with E-state index >= 15 is 0 Å². The van der Waals surface area contributed by atoms with E-state index in [1.54, 1.807) is 12.1 Å². The van der Waals surface area contributed by atoms with Gasteiger partial charge >= 0.3 is 5.97 Å². The molecule has 8 N–H and O–H groups in total. The van der Waals surface area contributed by atoms with Crippen LogP contribution < -0.4 is 16.4 Å². The van der Waals surface area contributed by atoms with Gasteiger partial charge in [0, 0.05) is 6.42 Å². The molecule has 1 aromatic rings. The number of aliphatic carboxylic acids is 1. The Morgan fingerprint density at radius 1 is 0.900 bits per heavy atom. The molecule has 0 unspecified atom stereocenters. The van der Waals surface area contributed by atoms with E-state index in [9.17, 15) is 24.6 Å². The highest BCUT2D eigenvalue weighted by molar-refractivity contribution is 5.92. The lowest BCUT2D eigenvalue weighted by Crippen LogP contribution is -2.55. The lowest BCUT2D eigenvalue weighted by atomic mass is 10.0. The quantitative estimate of drug-likeness (QED) is 0.347. The molecule has 1 rings (SSSR count). The van der Waals surface area contributed by atoms with Crippen molar-refractivity contribution >= 4 is 17.8 Å². The highest BCUT2D eigenvalue weighted by Crippen LogP contribution is 2.13. The third-order valence-corrected chi connectivity index (χ3v) is 4.39. The summed E-state index contributed by atoms with van der Waals surface area (Å²) in [5.74, 6) is -1.81. The third-order valence-electron chi connectivity index (χ3n) is 4.39. The van der Waals surface area contributed by atoms with Crippen LogP contribution in [0.15, 0.2) is 24.3 Å². The zero-order valence-electron chi connectivity index (χ0n) is 18.0. The molecule has 2 amide bonds. The van der Waals surface area contributed by atoms with Crippen LogP contribution in [0.2, 0.25) is 0 Å². The molecule has 0 fully saturated rings. The number of rotatable bonds is 11. The van der Waals surface area contributed by atoms with Gasteiger partial charge in [-0.15, -0.1) is 0 Å². The molecule has 9 nitrogen and oxygen atoms in total. The van der Waals surface area contributed by atoms with Crippen molar-refractivity contribution in [3.63, 3.8) is 0 Å². The van der Waals surface area contributed by atoms with E-state index in [0.717, 1.165) is 0 Å². The summed E-state index contributed by atoms with van der Waals surface area (Å²) >= 11 is 0. The Hall–Kier alpha value is -2.65. The summed E-state index contributed by atoms with van der Waals surface area (Å²) in [6.07, 6.45) is 0.874. The Morgan fingerprint density at radius 2 is 1.40 bits per heavy atom. The molecule has 0 heterocycles. The molecule has 0 bridgehead atoms. The molecule has 0 radical (unpaired) electrons. The molecule has 1 aromatic carbocycles. The second-order valence-corrected chi connectivity index (χ2v) is 8.20. The van der Waals surface area contributed by atoms with Crippen molar-refractivity contribution < 1.29 is 30.1 Å². The first kappa shape index (κ1) is 27.4. The first-order valence-electron chi connectivity index (χ1n) is 9.86. The Labute approximate surface area is 177 Å². The standard InChI is InChI=1S/C21H33N3O5.H2O/c1-12(2)9-16(22)19(26)23-17(11-14-5-7-15(25)8-6-14)20(27)24-18(21(28)29)10-13(3)4;/h5-8,12-13,16-18,25H,9-11,22H2,1-4H3,(H,23,26)(H,24,27)(H,28,29);1H2/t16-,17-,18-;/m0./s1. The van der Waals surface area contributed by atoms with Crippen molar-refractivity contribution in [2.24, 2.45) is 17.6 Å². The fourth-order valence-corrected chi connectivity index (χ4v) is 2.94. The molecule has 170 valence electrons. The molecule has 0 aromatic heterocycles. The average Bonchev–Trinajstić information content (AvgIpc) is 2.61. The molecule has 3 atom stereocenters. The van der Waals surface area contributed by atoms with Crippen molar-refractivity contribution in [3.8, 4) is 5.75 Å². The second kappa shape index (κ2) is 12.8. The number of hydrogen-bond acceptors (Lipinski definition) is 5. The van der Waals surface area contributed by atoms with E-state index in [1.165, 1.54) is 12.1 Å². The average molecular weight is 426 g/mol. The highest BCUT2D eigenvalue weighted by Gasteiger charge is 2.28. The summed E-state index contributed by atoms with van der Waals surface area (Å²) in [6.45, 7) is 7.61. The summed E-state index contributed by atoms with van der Waals surface area (Å²) in [6, 6.07) is 3.43. The molecule has 30 heavy (non-hydrogen) atoms. The lowest BCUT2D eigenvalue weighted by molar-refractivity contribution is -0.142. The number of benzene rings is 1. The van der Waals surface area contributed by atoms with Gasteiger partial charge in [0.25, 0.3) is 0 Å². The van der Waals surface area contributed by atoms with Gasteiger partial charge in [0.05, 0.1) is 6.04 Å². The highest BCUT2D eigenvalue weighted by atomic mass is 16.4. The van der Waals surface area contributed by atoms with Gasteiger partial charge in [-0.1, -0.05) is 39.8 Å². The number of carbonyl (C=O) groups is 3. The predicted molar refractivity (Wildman–Crippen MR) is 114 cm³/mol. The SMILES string of the molecule is CC(C)C[C@H](NC(=O)[C@H](Cc1ccc(O)cc1)NC(=O)[C@@H](N)CC(C)C)C(=O)O.O. The number of carboxylic acids is 1. The van der Waals surface area contributed by atoms with Crippen LogP contribution in [-0.2, 0) is 20.8 Å². The van der Waals surface area contributed by atoms with Crippen LogP contribution in [0, 0.1) is 11.8 Å². The van der Waals surface area contributed by atoms with Gasteiger partial charge in [0.1, 0.15) is 17.8 Å². The topological polar surface area (TPSA) is 173 Å². The molecular weight excluding hydrogens is 390 g/mol. The number of amides is 2. The van der Waals surface area contributed by atoms with Crippen molar-refractivity contribution in [1.82, 2.24) is 10.6 Å². The Bertz CT molecular complexity index is 690. The van der Waals surface area contributed by atoms with Crippen LogP contribution in [0.5, 0.6) is 5.75 Å².